The molecule has 0 saturated heterocycles. The summed E-state index contributed by atoms with van der Waals surface area (Å²) in [4.78, 5) is 10.4. The zero-order chi connectivity index (χ0) is 10.7. The third kappa shape index (κ3) is 3.66. The van der Waals surface area contributed by atoms with Gasteiger partial charge in [0.05, 0.1) is 17.6 Å². The zero-order valence-corrected chi connectivity index (χ0v) is 11.0. The van der Waals surface area contributed by atoms with Crippen LogP contribution < -0.4 is 29.6 Å². The van der Waals surface area contributed by atoms with E-state index in [-0.39, 0.29) is 35.1 Å². The molecule has 0 saturated carbocycles. The second kappa shape index (κ2) is 6.34. The first-order chi connectivity index (χ1) is 6.56. The number of carbonyl (C=O) groups excluding carboxylic acids is 1. The third-order valence-electron chi connectivity index (χ3n) is 1.53. The molecule has 0 N–H and O–H groups in total. The third-order valence-corrected chi connectivity index (χ3v) is 2.20. The molecule has 0 aliphatic heterocycles. The standard InChI is InChI=1S/C8H7FO4S.Na/c1-13-8(10)5-2-3-6(9)7(4-5)14(11)12;/h2-4H,1H3,(H,11,12);/q;+1/p-1. The fraction of sp³-hybridized carbons (Fsp3) is 0.125. The molecule has 0 spiro atoms. The number of hydrogen-bond acceptors (Lipinski definition) is 4. The largest absolute Gasteiger partial charge is 1.00 e. The van der Waals surface area contributed by atoms with Crippen molar-refractivity contribution < 1.29 is 52.2 Å². The van der Waals surface area contributed by atoms with Gasteiger partial charge in [0.1, 0.15) is 5.82 Å². The first-order valence-electron chi connectivity index (χ1n) is 3.53. The molecular weight excluding hydrogens is 234 g/mol. The second-order valence-electron chi connectivity index (χ2n) is 2.37. The quantitative estimate of drug-likeness (QED) is 0.336. The SMILES string of the molecule is COC(=O)c1ccc(F)c(S(=O)[O-])c1.[Na+]. The van der Waals surface area contributed by atoms with Gasteiger partial charge in [-0.05, 0) is 29.3 Å². The summed E-state index contributed by atoms with van der Waals surface area (Å²) in [5, 5.41) is 0. The molecule has 1 rings (SSSR count). The van der Waals surface area contributed by atoms with Gasteiger partial charge < -0.3 is 9.29 Å². The summed E-state index contributed by atoms with van der Waals surface area (Å²) in [6.07, 6.45) is 0. The van der Waals surface area contributed by atoms with E-state index in [9.17, 15) is 17.9 Å². The van der Waals surface area contributed by atoms with Crippen LogP contribution in [-0.4, -0.2) is 21.8 Å². The number of hydrogen-bond donors (Lipinski definition) is 0. The Hall–Kier alpha value is -0.270. The van der Waals surface area contributed by atoms with Crippen LogP contribution in [0.15, 0.2) is 23.1 Å². The molecule has 0 heterocycles. The predicted molar refractivity (Wildman–Crippen MR) is 44.9 cm³/mol. The minimum absolute atomic E-state index is 0. The Morgan fingerprint density at radius 2 is 2.13 bits per heavy atom. The fourth-order valence-electron chi connectivity index (χ4n) is 0.876. The van der Waals surface area contributed by atoms with Crippen LogP contribution >= 0.6 is 0 Å². The molecule has 0 aliphatic rings. The summed E-state index contributed by atoms with van der Waals surface area (Å²) in [6.45, 7) is 0. The van der Waals surface area contributed by atoms with Crippen molar-refractivity contribution >= 4 is 17.0 Å². The Kier molecular flexibility index (Phi) is 6.23. The van der Waals surface area contributed by atoms with Crippen molar-refractivity contribution in [2.24, 2.45) is 0 Å². The molecule has 0 aromatic heterocycles. The normalized spacial score (nSPS) is 11.4. The van der Waals surface area contributed by atoms with Gasteiger partial charge in [-0.2, -0.15) is 0 Å². The summed E-state index contributed by atoms with van der Waals surface area (Å²) in [7, 11) is 1.15. The van der Waals surface area contributed by atoms with E-state index in [2.05, 4.69) is 4.74 Å². The molecule has 4 nitrogen and oxygen atoms in total. The van der Waals surface area contributed by atoms with Crippen LogP contribution in [0.25, 0.3) is 0 Å². The van der Waals surface area contributed by atoms with Crippen molar-refractivity contribution in [2.45, 2.75) is 4.90 Å². The first kappa shape index (κ1) is 14.7. The Labute approximate surface area is 110 Å². The van der Waals surface area contributed by atoms with Crippen molar-refractivity contribution in [3.05, 3.63) is 29.6 Å². The molecule has 0 fully saturated rings. The predicted octanol–water partition coefficient (Wildman–Crippen LogP) is -2.15. The smallest absolute Gasteiger partial charge is 0.768 e. The Balaban J connectivity index is 0.00000196. The first-order valence-corrected chi connectivity index (χ1v) is 4.61. The number of carbonyl (C=O) groups is 1. The molecule has 0 bridgehead atoms. The van der Waals surface area contributed by atoms with Crippen LogP contribution in [-0.2, 0) is 15.8 Å². The van der Waals surface area contributed by atoms with E-state index in [0.717, 1.165) is 25.3 Å². The van der Waals surface area contributed by atoms with Gasteiger partial charge in [0.2, 0.25) is 0 Å². The van der Waals surface area contributed by atoms with Crippen LogP contribution in [0.2, 0.25) is 0 Å². The fourth-order valence-corrected chi connectivity index (χ4v) is 1.33. The molecule has 1 aromatic rings. The topological polar surface area (TPSA) is 66.4 Å². The van der Waals surface area contributed by atoms with Crippen LogP contribution in [0, 0.1) is 5.82 Å². The molecule has 1 unspecified atom stereocenters. The van der Waals surface area contributed by atoms with Gasteiger partial charge in [0.25, 0.3) is 0 Å². The number of esters is 1. The van der Waals surface area contributed by atoms with Gasteiger partial charge in [-0.25, -0.2) is 9.18 Å². The Morgan fingerprint density at radius 1 is 1.53 bits per heavy atom. The van der Waals surface area contributed by atoms with Gasteiger partial charge in [-0.15, -0.1) is 0 Å². The summed E-state index contributed by atoms with van der Waals surface area (Å²) < 4.78 is 38.2. The average molecular weight is 240 g/mol. The molecule has 1 aromatic carbocycles. The van der Waals surface area contributed by atoms with Crippen LogP contribution in [0.1, 0.15) is 10.4 Å². The second-order valence-corrected chi connectivity index (χ2v) is 3.28. The average Bonchev–Trinajstić information content (AvgIpc) is 2.17. The molecule has 7 heteroatoms. The number of halogens is 1. The summed E-state index contributed by atoms with van der Waals surface area (Å²) in [5.74, 6) is -1.61. The molecule has 1 atom stereocenters. The number of rotatable bonds is 2. The molecule has 0 aliphatic carbocycles. The van der Waals surface area contributed by atoms with E-state index < -0.39 is 27.8 Å². The van der Waals surface area contributed by atoms with Gasteiger partial charge in [-0.3, -0.25) is 4.21 Å². The van der Waals surface area contributed by atoms with Gasteiger partial charge in [0, 0.05) is 0 Å². The van der Waals surface area contributed by atoms with E-state index >= 15 is 0 Å². The Bertz CT molecular complexity index is 396. The minimum atomic E-state index is -2.70. The van der Waals surface area contributed by atoms with E-state index in [0.29, 0.717) is 0 Å². The zero-order valence-electron chi connectivity index (χ0n) is 8.15. The number of methoxy groups -OCH3 is 1. The van der Waals surface area contributed by atoms with Crippen LogP contribution in [0.3, 0.4) is 0 Å². The van der Waals surface area contributed by atoms with Crippen molar-refractivity contribution in [3.8, 4) is 0 Å². The number of benzene rings is 1. The van der Waals surface area contributed by atoms with Gasteiger partial charge >= 0.3 is 35.5 Å². The van der Waals surface area contributed by atoms with Crippen molar-refractivity contribution in [3.63, 3.8) is 0 Å². The van der Waals surface area contributed by atoms with Crippen molar-refractivity contribution in [2.75, 3.05) is 7.11 Å². The minimum Gasteiger partial charge on any atom is -0.768 e. The molecule has 0 radical (unpaired) electrons. The molecule has 15 heavy (non-hydrogen) atoms. The Morgan fingerprint density at radius 3 is 2.60 bits per heavy atom. The van der Waals surface area contributed by atoms with E-state index in [1.165, 1.54) is 0 Å². The molecule has 0 amide bonds. The van der Waals surface area contributed by atoms with Crippen LogP contribution in [0.4, 0.5) is 4.39 Å². The molecule has 76 valence electrons. The monoisotopic (exact) mass is 240 g/mol. The van der Waals surface area contributed by atoms with Gasteiger partial charge in [0.15, 0.2) is 0 Å². The summed E-state index contributed by atoms with van der Waals surface area (Å²) in [5.41, 5.74) is -0.00639. The van der Waals surface area contributed by atoms with Gasteiger partial charge in [-0.1, -0.05) is 0 Å². The van der Waals surface area contributed by atoms with Crippen molar-refractivity contribution in [1.29, 1.82) is 0 Å². The molecular formula is C8H6FNaO4S. The van der Waals surface area contributed by atoms with E-state index in [1.807, 2.05) is 0 Å². The summed E-state index contributed by atoms with van der Waals surface area (Å²) >= 11 is -2.70. The van der Waals surface area contributed by atoms with E-state index in [4.69, 9.17) is 0 Å². The van der Waals surface area contributed by atoms with E-state index in [1.54, 1.807) is 0 Å². The maximum atomic E-state index is 12.8. The maximum absolute atomic E-state index is 12.8. The maximum Gasteiger partial charge on any atom is 1.00 e. The van der Waals surface area contributed by atoms with Crippen LogP contribution in [0.5, 0.6) is 0 Å². The van der Waals surface area contributed by atoms with Crippen molar-refractivity contribution in [1.82, 2.24) is 0 Å². The number of ether oxygens (including phenoxy) is 1. The summed E-state index contributed by atoms with van der Waals surface area (Å²) in [6, 6.07) is 2.97.